The SMILES string of the molecule is CCC(CCO)Nc1nc(-c2ccncc2)nc2ccccc12. The molecule has 0 spiro atoms. The summed E-state index contributed by atoms with van der Waals surface area (Å²) in [5.41, 5.74) is 1.83. The molecule has 1 unspecified atom stereocenters. The van der Waals surface area contributed by atoms with E-state index in [-0.39, 0.29) is 12.6 Å². The number of hydrogen-bond donors (Lipinski definition) is 2. The molecule has 2 aromatic heterocycles. The first-order valence-electron chi connectivity index (χ1n) is 7.86. The second kappa shape index (κ2) is 7.15. The predicted molar refractivity (Wildman–Crippen MR) is 92.2 cm³/mol. The van der Waals surface area contributed by atoms with E-state index >= 15 is 0 Å². The van der Waals surface area contributed by atoms with Crippen LogP contribution in [0.1, 0.15) is 19.8 Å². The van der Waals surface area contributed by atoms with Gasteiger partial charge in [-0.2, -0.15) is 0 Å². The summed E-state index contributed by atoms with van der Waals surface area (Å²) >= 11 is 0. The second-order valence-electron chi connectivity index (χ2n) is 5.41. The monoisotopic (exact) mass is 308 g/mol. The standard InChI is InChI=1S/C18H20N4O/c1-2-14(9-12-23)20-18-15-5-3-4-6-16(15)21-17(22-18)13-7-10-19-11-8-13/h3-8,10-11,14,23H,2,9,12H2,1H3,(H,20,21,22). The average Bonchev–Trinajstić information content (AvgIpc) is 2.62. The van der Waals surface area contributed by atoms with Crippen molar-refractivity contribution in [1.29, 1.82) is 0 Å². The molecule has 23 heavy (non-hydrogen) atoms. The number of para-hydroxylation sites is 1. The van der Waals surface area contributed by atoms with Crippen LogP contribution in [0.5, 0.6) is 0 Å². The van der Waals surface area contributed by atoms with Crippen LogP contribution in [0.3, 0.4) is 0 Å². The Kier molecular flexibility index (Phi) is 4.78. The molecule has 2 heterocycles. The first-order chi connectivity index (χ1) is 11.3. The molecule has 3 rings (SSSR count). The summed E-state index contributed by atoms with van der Waals surface area (Å²) in [6.45, 7) is 2.26. The number of aliphatic hydroxyl groups excluding tert-OH is 1. The van der Waals surface area contributed by atoms with Crippen molar-refractivity contribution in [1.82, 2.24) is 15.0 Å². The van der Waals surface area contributed by atoms with Crippen LogP contribution < -0.4 is 5.32 Å². The van der Waals surface area contributed by atoms with Crippen molar-refractivity contribution in [2.45, 2.75) is 25.8 Å². The van der Waals surface area contributed by atoms with E-state index in [1.165, 1.54) is 0 Å². The summed E-state index contributed by atoms with van der Waals surface area (Å²) in [5, 5.41) is 13.7. The Morgan fingerprint density at radius 2 is 1.87 bits per heavy atom. The Labute approximate surface area is 135 Å². The van der Waals surface area contributed by atoms with Gasteiger partial charge in [-0.3, -0.25) is 4.98 Å². The third kappa shape index (κ3) is 3.46. The molecule has 118 valence electrons. The Hall–Kier alpha value is -2.53. The molecule has 1 atom stereocenters. The number of nitrogens with one attached hydrogen (secondary N) is 1. The normalized spacial score (nSPS) is 12.3. The molecule has 0 amide bonds. The van der Waals surface area contributed by atoms with Gasteiger partial charge in [-0.15, -0.1) is 0 Å². The maximum Gasteiger partial charge on any atom is 0.162 e. The lowest BCUT2D eigenvalue weighted by Gasteiger charge is -2.18. The lowest BCUT2D eigenvalue weighted by molar-refractivity contribution is 0.278. The fourth-order valence-corrected chi connectivity index (χ4v) is 2.54. The van der Waals surface area contributed by atoms with Crippen LogP contribution in [0.15, 0.2) is 48.8 Å². The Balaban J connectivity index is 2.07. The molecule has 3 aromatic rings. The predicted octanol–water partition coefficient (Wildman–Crippen LogP) is 3.26. The van der Waals surface area contributed by atoms with Crippen LogP contribution in [0.4, 0.5) is 5.82 Å². The summed E-state index contributed by atoms with van der Waals surface area (Å²) in [4.78, 5) is 13.4. The fourth-order valence-electron chi connectivity index (χ4n) is 2.54. The van der Waals surface area contributed by atoms with E-state index < -0.39 is 0 Å². The molecule has 0 radical (unpaired) electrons. The van der Waals surface area contributed by atoms with Crippen molar-refractivity contribution < 1.29 is 5.11 Å². The highest BCUT2D eigenvalue weighted by Crippen LogP contribution is 2.25. The summed E-state index contributed by atoms with van der Waals surface area (Å²) in [7, 11) is 0. The molecular formula is C18H20N4O. The number of fused-ring (bicyclic) bond motifs is 1. The van der Waals surface area contributed by atoms with Crippen LogP contribution in [0.25, 0.3) is 22.3 Å². The molecule has 0 saturated carbocycles. The highest BCUT2D eigenvalue weighted by Gasteiger charge is 2.12. The summed E-state index contributed by atoms with van der Waals surface area (Å²) in [6.07, 6.45) is 5.09. The summed E-state index contributed by atoms with van der Waals surface area (Å²) in [6, 6.07) is 11.9. The van der Waals surface area contributed by atoms with Gasteiger partial charge in [-0.05, 0) is 37.1 Å². The molecule has 0 saturated heterocycles. The average molecular weight is 308 g/mol. The maximum atomic E-state index is 9.21. The summed E-state index contributed by atoms with van der Waals surface area (Å²) in [5.74, 6) is 1.48. The molecule has 0 aliphatic rings. The zero-order chi connectivity index (χ0) is 16.1. The Bertz CT molecular complexity index is 776. The first kappa shape index (κ1) is 15.4. The number of aromatic nitrogens is 3. The van der Waals surface area contributed by atoms with E-state index in [1.807, 2.05) is 36.4 Å². The van der Waals surface area contributed by atoms with Gasteiger partial charge in [0.2, 0.25) is 0 Å². The number of nitrogens with zero attached hydrogens (tertiary/aromatic N) is 3. The van der Waals surface area contributed by atoms with Crippen molar-refractivity contribution in [3.63, 3.8) is 0 Å². The van der Waals surface area contributed by atoms with Gasteiger partial charge in [-0.1, -0.05) is 19.1 Å². The maximum absolute atomic E-state index is 9.21. The minimum absolute atomic E-state index is 0.158. The molecule has 0 bridgehead atoms. The van der Waals surface area contributed by atoms with Crippen molar-refractivity contribution in [3.05, 3.63) is 48.8 Å². The van der Waals surface area contributed by atoms with Crippen molar-refractivity contribution in [2.75, 3.05) is 11.9 Å². The van der Waals surface area contributed by atoms with Gasteiger partial charge >= 0.3 is 0 Å². The number of benzene rings is 1. The third-order valence-electron chi connectivity index (χ3n) is 3.85. The second-order valence-corrected chi connectivity index (χ2v) is 5.41. The van der Waals surface area contributed by atoms with Crippen LogP contribution in [0, 0.1) is 0 Å². The largest absolute Gasteiger partial charge is 0.396 e. The molecular weight excluding hydrogens is 288 g/mol. The van der Waals surface area contributed by atoms with E-state index in [4.69, 9.17) is 4.98 Å². The van der Waals surface area contributed by atoms with Crippen LogP contribution in [-0.4, -0.2) is 32.7 Å². The van der Waals surface area contributed by atoms with E-state index in [1.54, 1.807) is 12.4 Å². The quantitative estimate of drug-likeness (QED) is 0.731. The molecule has 0 aliphatic carbocycles. The number of rotatable bonds is 6. The highest BCUT2D eigenvalue weighted by atomic mass is 16.3. The first-order valence-corrected chi connectivity index (χ1v) is 7.86. The van der Waals surface area contributed by atoms with Crippen LogP contribution in [-0.2, 0) is 0 Å². The molecule has 5 heteroatoms. The lowest BCUT2D eigenvalue weighted by atomic mass is 10.1. The fraction of sp³-hybridized carbons (Fsp3) is 0.278. The van der Waals surface area contributed by atoms with Gasteiger partial charge < -0.3 is 10.4 Å². The van der Waals surface area contributed by atoms with E-state index in [0.717, 1.165) is 28.7 Å². The molecule has 0 aliphatic heterocycles. The smallest absolute Gasteiger partial charge is 0.162 e. The Morgan fingerprint density at radius 3 is 2.61 bits per heavy atom. The molecule has 0 fully saturated rings. The number of hydrogen-bond acceptors (Lipinski definition) is 5. The molecule has 1 aromatic carbocycles. The van der Waals surface area contributed by atoms with Gasteiger partial charge in [0.15, 0.2) is 5.82 Å². The molecule has 5 nitrogen and oxygen atoms in total. The van der Waals surface area contributed by atoms with E-state index in [2.05, 4.69) is 22.2 Å². The number of anilines is 1. The summed E-state index contributed by atoms with van der Waals surface area (Å²) < 4.78 is 0. The van der Waals surface area contributed by atoms with Crippen molar-refractivity contribution in [3.8, 4) is 11.4 Å². The van der Waals surface area contributed by atoms with Gasteiger partial charge in [0.05, 0.1) is 5.52 Å². The molecule has 2 N–H and O–H groups in total. The number of pyridine rings is 1. The van der Waals surface area contributed by atoms with Gasteiger partial charge in [0.1, 0.15) is 5.82 Å². The van der Waals surface area contributed by atoms with Crippen LogP contribution >= 0.6 is 0 Å². The van der Waals surface area contributed by atoms with E-state index in [0.29, 0.717) is 12.2 Å². The van der Waals surface area contributed by atoms with Gasteiger partial charge in [0.25, 0.3) is 0 Å². The zero-order valence-electron chi connectivity index (χ0n) is 13.1. The highest BCUT2D eigenvalue weighted by molar-refractivity contribution is 5.90. The third-order valence-corrected chi connectivity index (χ3v) is 3.85. The van der Waals surface area contributed by atoms with E-state index in [9.17, 15) is 5.11 Å². The minimum atomic E-state index is 0.158. The van der Waals surface area contributed by atoms with Crippen LogP contribution in [0.2, 0.25) is 0 Å². The van der Waals surface area contributed by atoms with Crippen molar-refractivity contribution >= 4 is 16.7 Å². The lowest BCUT2D eigenvalue weighted by Crippen LogP contribution is -2.21. The number of aliphatic hydroxyl groups is 1. The topological polar surface area (TPSA) is 70.9 Å². The van der Waals surface area contributed by atoms with Crippen molar-refractivity contribution in [2.24, 2.45) is 0 Å². The Morgan fingerprint density at radius 1 is 1.09 bits per heavy atom. The van der Waals surface area contributed by atoms with Gasteiger partial charge in [-0.25, -0.2) is 9.97 Å². The van der Waals surface area contributed by atoms with Gasteiger partial charge in [0, 0.05) is 36.0 Å². The zero-order valence-corrected chi connectivity index (χ0v) is 13.1. The minimum Gasteiger partial charge on any atom is -0.396 e.